The lowest BCUT2D eigenvalue weighted by Gasteiger charge is -2.22. The molecule has 16 heavy (non-hydrogen) atoms. The summed E-state index contributed by atoms with van der Waals surface area (Å²) in [6, 6.07) is 0.532. The lowest BCUT2D eigenvalue weighted by molar-refractivity contribution is -0.145. The predicted molar refractivity (Wildman–Crippen MR) is 58.4 cm³/mol. The summed E-state index contributed by atoms with van der Waals surface area (Å²) >= 11 is 0. The summed E-state index contributed by atoms with van der Waals surface area (Å²) in [4.78, 5) is 1.47. The highest BCUT2D eigenvalue weighted by atomic mass is 19.4. The molecule has 0 aromatic heterocycles. The Bertz CT molecular complexity index is 188. The van der Waals surface area contributed by atoms with Crippen molar-refractivity contribution in [3.63, 3.8) is 0 Å². The summed E-state index contributed by atoms with van der Waals surface area (Å²) < 4.78 is 36.5. The molecule has 1 fully saturated rings. The van der Waals surface area contributed by atoms with Gasteiger partial charge < -0.3 is 5.32 Å². The summed E-state index contributed by atoms with van der Waals surface area (Å²) in [7, 11) is 0. The monoisotopic (exact) mass is 238 g/mol. The Morgan fingerprint density at radius 1 is 1.38 bits per heavy atom. The zero-order valence-corrected chi connectivity index (χ0v) is 9.82. The van der Waals surface area contributed by atoms with E-state index in [1.165, 1.54) is 17.7 Å². The van der Waals surface area contributed by atoms with Gasteiger partial charge in [0.25, 0.3) is 0 Å². The fourth-order valence-electron chi connectivity index (χ4n) is 2.17. The largest absolute Gasteiger partial charge is 0.401 e. The van der Waals surface area contributed by atoms with E-state index in [2.05, 4.69) is 5.32 Å². The Labute approximate surface area is 95.2 Å². The van der Waals surface area contributed by atoms with Crippen LogP contribution in [0.15, 0.2) is 0 Å². The topological polar surface area (TPSA) is 15.3 Å². The van der Waals surface area contributed by atoms with Crippen LogP contribution in [0.1, 0.15) is 32.6 Å². The molecule has 0 bridgehead atoms. The van der Waals surface area contributed by atoms with Gasteiger partial charge in [0, 0.05) is 6.04 Å². The average Bonchev–Trinajstić information content (AvgIpc) is 2.67. The molecule has 1 atom stereocenters. The Morgan fingerprint density at radius 3 is 2.62 bits per heavy atom. The third kappa shape index (κ3) is 5.70. The summed E-state index contributed by atoms with van der Waals surface area (Å²) in [6.07, 6.45) is 0.146. The molecule has 2 nitrogen and oxygen atoms in total. The van der Waals surface area contributed by atoms with Crippen molar-refractivity contribution >= 4 is 0 Å². The predicted octanol–water partition coefficient (Wildman–Crippen LogP) is 2.40. The van der Waals surface area contributed by atoms with Gasteiger partial charge in [-0.3, -0.25) is 4.90 Å². The third-order valence-corrected chi connectivity index (χ3v) is 3.04. The molecule has 1 N–H and O–H groups in total. The van der Waals surface area contributed by atoms with Gasteiger partial charge in [0.2, 0.25) is 0 Å². The second kappa shape index (κ2) is 6.45. The van der Waals surface area contributed by atoms with Crippen LogP contribution < -0.4 is 5.32 Å². The first-order chi connectivity index (χ1) is 7.51. The average molecular weight is 238 g/mol. The van der Waals surface area contributed by atoms with E-state index in [0.29, 0.717) is 19.1 Å². The van der Waals surface area contributed by atoms with Crippen molar-refractivity contribution in [2.75, 3.05) is 26.2 Å². The van der Waals surface area contributed by atoms with E-state index >= 15 is 0 Å². The SMILES string of the molecule is CCN(CCCC1CCCN1)CC(F)(F)F. The van der Waals surface area contributed by atoms with Crippen molar-refractivity contribution in [2.24, 2.45) is 0 Å². The summed E-state index contributed by atoms with van der Waals surface area (Å²) in [5, 5.41) is 3.36. The number of hydrogen-bond acceptors (Lipinski definition) is 2. The maximum absolute atomic E-state index is 12.2. The number of nitrogens with one attached hydrogen (secondary N) is 1. The number of hydrogen-bond donors (Lipinski definition) is 1. The van der Waals surface area contributed by atoms with Crippen molar-refractivity contribution in [3.05, 3.63) is 0 Å². The van der Waals surface area contributed by atoms with Gasteiger partial charge in [0.05, 0.1) is 6.54 Å². The lowest BCUT2D eigenvalue weighted by atomic mass is 10.1. The summed E-state index contributed by atoms with van der Waals surface area (Å²) in [6.45, 7) is 3.08. The van der Waals surface area contributed by atoms with Crippen LogP contribution in [0.25, 0.3) is 0 Å². The first-order valence-corrected chi connectivity index (χ1v) is 6.04. The molecular formula is C11H21F3N2. The second-order valence-corrected chi connectivity index (χ2v) is 4.42. The van der Waals surface area contributed by atoms with Gasteiger partial charge in [-0.2, -0.15) is 13.2 Å². The van der Waals surface area contributed by atoms with Crippen LogP contribution >= 0.6 is 0 Å². The van der Waals surface area contributed by atoms with Crippen LogP contribution in [0, 0.1) is 0 Å². The van der Waals surface area contributed by atoms with Gasteiger partial charge in [-0.1, -0.05) is 6.92 Å². The lowest BCUT2D eigenvalue weighted by Crippen LogP contribution is -2.35. The number of nitrogens with zero attached hydrogens (tertiary/aromatic N) is 1. The van der Waals surface area contributed by atoms with Crippen molar-refractivity contribution in [1.29, 1.82) is 0 Å². The van der Waals surface area contributed by atoms with Crippen molar-refractivity contribution < 1.29 is 13.2 Å². The molecule has 1 saturated heterocycles. The first-order valence-electron chi connectivity index (χ1n) is 6.04. The molecule has 0 amide bonds. The van der Waals surface area contributed by atoms with Crippen LogP contribution in [0.5, 0.6) is 0 Å². The first kappa shape index (κ1) is 13.8. The highest BCUT2D eigenvalue weighted by Crippen LogP contribution is 2.17. The molecular weight excluding hydrogens is 217 g/mol. The van der Waals surface area contributed by atoms with E-state index < -0.39 is 12.7 Å². The molecule has 0 aromatic rings. The van der Waals surface area contributed by atoms with E-state index in [4.69, 9.17) is 0 Å². The van der Waals surface area contributed by atoms with Gasteiger partial charge in [-0.05, 0) is 45.3 Å². The molecule has 1 rings (SSSR count). The Morgan fingerprint density at radius 2 is 2.12 bits per heavy atom. The van der Waals surface area contributed by atoms with E-state index in [0.717, 1.165) is 19.4 Å². The molecule has 0 aromatic carbocycles. The Balaban J connectivity index is 2.13. The van der Waals surface area contributed by atoms with Crippen LogP contribution in [0.3, 0.4) is 0 Å². The molecule has 0 radical (unpaired) electrons. The van der Waals surface area contributed by atoms with Crippen LogP contribution in [0.2, 0.25) is 0 Å². The maximum Gasteiger partial charge on any atom is 0.401 e. The Kier molecular flexibility index (Phi) is 5.55. The second-order valence-electron chi connectivity index (χ2n) is 4.42. The van der Waals surface area contributed by atoms with Crippen molar-refractivity contribution in [2.45, 2.75) is 44.8 Å². The highest BCUT2D eigenvalue weighted by molar-refractivity contribution is 4.74. The van der Waals surface area contributed by atoms with Gasteiger partial charge in [0.15, 0.2) is 0 Å². The molecule has 0 saturated carbocycles. The Hall–Kier alpha value is -0.290. The molecule has 0 aliphatic carbocycles. The zero-order chi connectivity index (χ0) is 12.0. The van der Waals surface area contributed by atoms with E-state index in [9.17, 15) is 13.2 Å². The van der Waals surface area contributed by atoms with Crippen molar-refractivity contribution in [1.82, 2.24) is 10.2 Å². The van der Waals surface area contributed by atoms with Crippen LogP contribution in [-0.2, 0) is 0 Å². The normalized spacial score (nSPS) is 21.9. The standard InChI is InChI=1S/C11H21F3N2/c1-2-16(9-11(12,13)14)8-4-6-10-5-3-7-15-10/h10,15H,2-9H2,1H3. The molecule has 1 heterocycles. The molecule has 1 aliphatic rings. The van der Waals surface area contributed by atoms with Gasteiger partial charge >= 0.3 is 6.18 Å². The minimum absolute atomic E-state index is 0.470. The quantitative estimate of drug-likeness (QED) is 0.764. The fraction of sp³-hybridized carbons (Fsp3) is 1.00. The minimum atomic E-state index is -4.07. The third-order valence-electron chi connectivity index (χ3n) is 3.04. The number of rotatable bonds is 6. The maximum atomic E-state index is 12.2. The van der Waals surface area contributed by atoms with E-state index in [1.807, 2.05) is 0 Å². The molecule has 5 heteroatoms. The number of halogens is 3. The molecule has 96 valence electrons. The van der Waals surface area contributed by atoms with E-state index in [-0.39, 0.29) is 0 Å². The molecule has 1 unspecified atom stereocenters. The van der Waals surface area contributed by atoms with Gasteiger partial charge in [-0.15, -0.1) is 0 Å². The van der Waals surface area contributed by atoms with E-state index in [1.54, 1.807) is 6.92 Å². The van der Waals surface area contributed by atoms with Crippen LogP contribution in [-0.4, -0.2) is 43.3 Å². The summed E-state index contributed by atoms with van der Waals surface area (Å²) in [5.74, 6) is 0. The minimum Gasteiger partial charge on any atom is -0.314 e. The number of alkyl halides is 3. The van der Waals surface area contributed by atoms with Gasteiger partial charge in [-0.25, -0.2) is 0 Å². The zero-order valence-electron chi connectivity index (χ0n) is 9.82. The fourth-order valence-corrected chi connectivity index (χ4v) is 2.17. The highest BCUT2D eigenvalue weighted by Gasteiger charge is 2.29. The summed E-state index contributed by atoms with van der Waals surface area (Å²) in [5.41, 5.74) is 0. The molecule has 1 aliphatic heterocycles. The van der Waals surface area contributed by atoms with Gasteiger partial charge in [0.1, 0.15) is 0 Å². The molecule has 0 spiro atoms. The smallest absolute Gasteiger partial charge is 0.314 e. The van der Waals surface area contributed by atoms with Crippen molar-refractivity contribution in [3.8, 4) is 0 Å². The van der Waals surface area contributed by atoms with Crippen LogP contribution in [0.4, 0.5) is 13.2 Å².